The second-order valence-electron chi connectivity index (χ2n) is 8.22. The smallest absolute Gasteiger partial charge is 0.432 e. The summed E-state index contributed by atoms with van der Waals surface area (Å²) >= 11 is 0. The number of fused-ring (bicyclic) bond motifs is 1. The van der Waals surface area contributed by atoms with Crippen LogP contribution in [0.15, 0.2) is 54.1 Å². The molecule has 2 aliphatic heterocycles. The summed E-state index contributed by atoms with van der Waals surface area (Å²) < 4.78 is 57.7. The minimum Gasteiger partial charge on any atom is -0.454 e. The second kappa shape index (κ2) is 10.0. The predicted octanol–water partition coefficient (Wildman–Crippen LogP) is 4.08. The molecule has 1 aromatic carbocycles. The molecule has 1 fully saturated rings. The molecule has 1 amide bonds. The Morgan fingerprint density at radius 3 is 2.50 bits per heavy atom. The van der Waals surface area contributed by atoms with Gasteiger partial charge in [0.05, 0.1) is 12.6 Å². The van der Waals surface area contributed by atoms with Gasteiger partial charge in [-0.2, -0.15) is 13.2 Å². The third kappa shape index (κ3) is 4.86. The van der Waals surface area contributed by atoms with Crippen LogP contribution < -0.4 is 0 Å². The zero-order valence-electron chi connectivity index (χ0n) is 19.0. The Morgan fingerprint density at radius 1 is 1.24 bits per heavy atom. The number of rotatable bonds is 8. The van der Waals surface area contributed by atoms with E-state index >= 15 is 0 Å². The van der Waals surface area contributed by atoms with Crippen molar-refractivity contribution in [3.05, 3.63) is 59.7 Å². The number of methoxy groups -OCH3 is 1. The summed E-state index contributed by atoms with van der Waals surface area (Å²) in [5.41, 5.74) is -3.13. The summed E-state index contributed by atoms with van der Waals surface area (Å²) in [6.07, 6.45) is -1.71. The number of ketones is 1. The van der Waals surface area contributed by atoms with Gasteiger partial charge in [-0.3, -0.25) is 4.90 Å². The average Bonchev–Trinajstić information content (AvgIpc) is 3.07. The number of esters is 1. The van der Waals surface area contributed by atoms with E-state index in [1.807, 2.05) is 0 Å². The first-order valence-corrected chi connectivity index (χ1v) is 10.7. The Morgan fingerprint density at radius 2 is 1.91 bits per heavy atom. The van der Waals surface area contributed by atoms with Gasteiger partial charge in [0.2, 0.25) is 0 Å². The lowest BCUT2D eigenvalue weighted by atomic mass is 9.92. The van der Waals surface area contributed by atoms with Crippen molar-refractivity contribution in [2.75, 3.05) is 13.7 Å². The SMILES string of the molecule is CO[C@](C(=O)O[C@@H]1C=C(C)[C@H]2[C@H](/C=C/CCC(C)=O)OC(=O)N2C1)(c1ccccc1)C(F)(F)F. The van der Waals surface area contributed by atoms with Crippen molar-refractivity contribution < 1.29 is 41.8 Å². The van der Waals surface area contributed by atoms with Crippen molar-refractivity contribution in [1.82, 2.24) is 4.90 Å². The van der Waals surface area contributed by atoms with Crippen molar-refractivity contribution in [3.63, 3.8) is 0 Å². The Hall–Kier alpha value is -3.14. The largest absolute Gasteiger partial charge is 0.454 e. The number of benzene rings is 1. The van der Waals surface area contributed by atoms with Gasteiger partial charge in [-0.25, -0.2) is 9.59 Å². The molecule has 3 rings (SSSR count). The number of amides is 1. The van der Waals surface area contributed by atoms with Crippen LogP contribution in [0.5, 0.6) is 0 Å². The fourth-order valence-corrected chi connectivity index (χ4v) is 4.21. The molecule has 34 heavy (non-hydrogen) atoms. The fraction of sp³-hybridized carbons (Fsp3) is 0.458. The van der Waals surface area contributed by atoms with Gasteiger partial charge in [0.1, 0.15) is 18.0 Å². The molecule has 7 nitrogen and oxygen atoms in total. The number of cyclic esters (lactones) is 1. The Kier molecular flexibility index (Phi) is 7.50. The Bertz CT molecular complexity index is 990. The molecule has 10 heteroatoms. The molecule has 2 aliphatic rings. The van der Waals surface area contributed by atoms with E-state index in [9.17, 15) is 27.6 Å². The number of Topliss-reactive ketones (excluding diaryl/α,β-unsaturated/α-hetero) is 1. The number of halogens is 3. The molecule has 0 N–H and O–H groups in total. The molecule has 0 bridgehead atoms. The highest BCUT2D eigenvalue weighted by atomic mass is 19.4. The first-order valence-electron chi connectivity index (χ1n) is 10.7. The molecular formula is C24H26F3NO6. The van der Waals surface area contributed by atoms with E-state index in [1.54, 1.807) is 19.1 Å². The summed E-state index contributed by atoms with van der Waals surface area (Å²) in [6.45, 7) is 2.99. The van der Waals surface area contributed by atoms with E-state index < -0.39 is 47.7 Å². The van der Waals surface area contributed by atoms with Crippen molar-refractivity contribution in [1.29, 1.82) is 0 Å². The van der Waals surface area contributed by atoms with Crippen LogP contribution in [0.2, 0.25) is 0 Å². The van der Waals surface area contributed by atoms with Gasteiger partial charge in [-0.05, 0) is 38.0 Å². The summed E-state index contributed by atoms with van der Waals surface area (Å²) in [6, 6.07) is 6.03. The minimum absolute atomic E-state index is 0.0367. The molecule has 2 heterocycles. The monoisotopic (exact) mass is 481 g/mol. The molecule has 0 radical (unpaired) electrons. The first kappa shape index (κ1) is 25.5. The topological polar surface area (TPSA) is 82.1 Å². The standard InChI is InChI=1S/C24H26F3NO6/c1-15-13-18(14-28-20(15)19(34-22(28)31)12-8-7-9-16(2)29)33-21(30)23(32-3,24(25,26)27)17-10-5-4-6-11-17/h4-6,8,10-13,18-20H,7,9,14H2,1-3H3/b12-8+/t18-,19+,20+,23+/m1/s1. The number of carbonyl (C=O) groups is 3. The average molecular weight is 481 g/mol. The van der Waals surface area contributed by atoms with Crippen LogP contribution in [0.4, 0.5) is 18.0 Å². The highest BCUT2D eigenvalue weighted by molar-refractivity contribution is 5.83. The van der Waals surface area contributed by atoms with Gasteiger partial charge in [0.15, 0.2) is 0 Å². The van der Waals surface area contributed by atoms with E-state index in [-0.39, 0.29) is 12.3 Å². The van der Waals surface area contributed by atoms with Crippen LogP contribution >= 0.6 is 0 Å². The lowest BCUT2D eigenvalue weighted by Crippen LogP contribution is -2.54. The van der Waals surface area contributed by atoms with Gasteiger partial charge < -0.3 is 19.0 Å². The number of hydrogen-bond acceptors (Lipinski definition) is 6. The van der Waals surface area contributed by atoms with Crippen molar-refractivity contribution in [2.24, 2.45) is 0 Å². The van der Waals surface area contributed by atoms with E-state index in [0.29, 0.717) is 18.4 Å². The Labute approximate surface area is 195 Å². The third-order valence-electron chi connectivity index (χ3n) is 5.83. The van der Waals surface area contributed by atoms with Crippen LogP contribution in [0.3, 0.4) is 0 Å². The lowest BCUT2D eigenvalue weighted by molar-refractivity contribution is -0.277. The van der Waals surface area contributed by atoms with Crippen molar-refractivity contribution in [3.8, 4) is 0 Å². The van der Waals surface area contributed by atoms with E-state index in [4.69, 9.17) is 14.2 Å². The highest BCUT2D eigenvalue weighted by Gasteiger charge is 2.64. The molecule has 0 unspecified atom stereocenters. The molecule has 0 spiro atoms. The summed E-state index contributed by atoms with van der Waals surface area (Å²) in [7, 11) is 0.792. The molecule has 0 saturated carbocycles. The van der Waals surface area contributed by atoms with Crippen LogP contribution in [-0.2, 0) is 29.4 Å². The molecule has 0 aromatic heterocycles. The van der Waals surface area contributed by atoms with E-state index in [2.05, 4.69) is 0 Å². The lowest BCUT2D eigenvalue weighted by Gasteiger charge is -2.36. The number of hydrogen-bond donors (Lipinski definition) is 0. The summed E-state index contributed by atoms with van der Waals surface area (Å²) in [5.74, 6) is -1.59. The maximum absolute atomic E-state index is 14.1. The molecule has 184 valence electrons. The third-order valence-corrected chi connectivity index (χ3v) is 5.83. The van der Waals surface area contributed by atoms with Crippen molar-refractivity contribution >= 4 is 17.8 Å². The van der Waals surface area contributed by atoms with Crippen molar-refractivity contribution in [2.45, 2.75) is 56.7 Å². The molecule has 1 aromatic rings. The van der Waals surface area contributed by atoms with Crippen LogP contribution in [0.25, 0.3) is 0 Å². The second-order valence-corrected chi connectivity index (χ2v) is 8.22. The zero-order valence-corrected chi connectivity index (χ0v) is 19.0. The molecule has 0 aliphatic carbocycles. The van der Waals surface area contributed by atoms with Gasteiger partial charge >= 0.3 is 18.2 Å². The minimum atomic E-state index is -5.10. The summed E-state index contributed by atoms with van der Waals surface area (Å²) in [4.78, 5) is 37.7. The highest BCUT2D eigenvalue weighted by Crippen LogP contribution is 2.43. The number of carbonyl (C=O) groups excluding carboxylic acids is 3. The van der Waals surface area contributed by atoms with Crippen LogP contribution in [0, 0.1) is 0 Å². The number of allylic oxidation sites excluding steroid dienone is 1. The zero-order chi connectivity index (χ0) is 25.1. The van der Waals surface area contributed by atoms with E-state index in [1.165, 1.54) is 36.1 Å². The Balaban J connectivity index is 1.82. The first-order chi connectivity index (χ1) is 16.0. The summed E-state index contributed by atoms with van der Waals surface area (Å²) in [5, 5.41) is 0. The molecular weight excluding hydrogens is 455 g/mol. The number of ether oxygens (including phenoxy) is 3. The van der Waals surface area contributed by atoms with Gasteiger partial charge in [0, 0.05) is 19.1 Å². The number of alkyl halides is 3. The van der Waals surface area contributed by atoms with Gasteiger partial charge in [-0.15, -0.1) is 0 Å². The number of nitrogens with zero attached hydrogens (tertiary/aromatic N) is 1. The quantitative estimate of drug-likeness (QED) is 0.411. The fourth-order valence-electron chi connectivity index (χ4n) is 4.21. The predicted molar refractivity (Wildman–Crippen MR) is 115 cm³/mol. The molecule has 4 atom stereocenters. The van der Waals surface area contributed by atoms with E-state index in [0.717, 1.165) is 19.2 Å². The van der Waals surface area contributed by atoms with Crippen LogP contribution in [0.1, 0.15) is 32.3 Å². The normalized spacial score (nSPS) is 24.3. The molecule has 1 saturated heterocycles. The van der Waals surface area contributed by atoms with Gasteiger partial charge in [0.25, 0.3) is 5.60 Å². The van der Waals surface area contributed by atoms with Crippen LogP contribution in [-0.4, -0.2) is 60.8 Å². The maximum atomic E-state index is 14.1. The van der Waals surface area contributed by atoms with Gasteiger partial charge in [-0.1, -0.05) is 36.4 Å². The maximum Gasteiger partial charge on any atom is 0.432 e.